The number of hydrogen-bond acceptors (Lipinski definition) is 3. The Morgan fingerprint density at radius 3 is 2.27 bits per heavy atom. The van der Waals surface area contributed by atoms with Crippen molar-refractivity contribution in [3.8, 4) is 0 Å². The molecule has 0 radical (unpaired) electrons. The fraction of sp³-hybridized carbons (Fsp3) is 0.600. The van der Waals surface area contributed by atoms with E-state index < -0.39 is 6.09 Å². The van der Waals surface area contributed by atoms with Crippen LogP contribution in [0.25, 0.3) is 0 Å². The van der Waals surface area contributed by atoms with E-state index in [4.69, 9.17) is 4.74 Å². The summed E-state index contributed by atoms with van der Waals surface area (Å²) in [7, 11) is 4.37. The first kappa shape index (κ1) is 9.54. The topological polar surface area (TPSA) is 73.6 Å². The number of carbonyl (C=O) groups is 1. The monoisotopic (exact) mass is 162 g/mol. The van der Waals surface area contributed by atoms with Gasteiger partial charge >= 0.3 is 12.1 Å². The first-order valence-corrected chi connectivity index (χ1v) is 2.93. The molecule has 1 amide bonds. The first-order chi connectivity index (χ1) is 5.24. The Morgan fingerprint density at radius 2 is 1.91 bits per heavy atom. The zero-order valence-electron chi connectivity index (χ0n) is 6.72. The SMILES string of the molecule is C[NH+]=C(NNC(=O)OC)OC. The molecule has 11 heavy (non-hydrogen) atoms. The second-order valence-corrected chi connectivity index (χ2v) is 1.52. The van der Waals surface area contributed by atoms with E-state index in [0.717, 1.165) is 0 Å². The van der Waals surface area contributed by atoms with E-state index in [2.05, 4.69) is 20.6 Å². The van der Waals surface area contributed by atoms with Gasteiger partial charge in [-0.25, -0.2) is 9.79 Å². The highest BCUT2D eigenvalue weighted by atomic mass is 16.5. The third-order valence-electron chi connectivity index (χ3n) is 0.895. The highest BCUT2D eigenvalue weighted by Gasteiger charge is 2.05. The molecule has 0 aliphatic heterocycles. The Hall–Kier alpha value is -1.46. The maximum atomic E-state index is 10.5. The molecule has 0 aliphatic rings. The lowest BCUT2D eigenvalue weighted by molar-refractivity contribution is -0.434. The molecule has 64 valence electrons. The molecular weight excluding hydrogens is 150 g/mol. The molecule has 0 saturated carbocycles. The van der Waals surface area contributed by atoms with Gasteiger partial charge in [-0.3, -0.25) is 0 Å². The van der Waals surface area contributed by atoms with Gasteiger partial charge in [0.05, 0.1) is 21.3 Å². The van der Waals surface area contributed by atoms with E-state index >= 15 is 0 Å². The summed E-state index contributed by atoms with van der Waals surface area (Å²) in [5.74, 6) is 0. The molecule has 0 aromatic heterocycles. The molecule has 0 unspecified atom stereocenters. The zero-order valence-corrected chi connectivity index (χ0v) is 6.72. The molecule has 3 N–H and O–H groups in total. The average Bonchev–Trinajstić information content (AvgIpc) is 2.06. The molecule has 0 fully saturated rings. The number of hydrazine groups is 1. The van der Waals surface area contributed by atoms with Crippen molar-refractivity contribution in [2.24, 2.45) is 0 Å². The van der Waals surface area contributed by atoms with Gasteiger partial charge in [0.2, 0.25) is 0 Å². The number of nitrogens with one attached hydrogen (secondary N) is 3. The van der Waals surface area contributed by atoms with Gasteiger partial charge in [-0.1, -0.05) is 0 Å². The van der Waals surface area contributed by atoms with Gasteiger partial charge in [-0.15, -0.1) is 5.43 Å². The minimum absolute atomic E-state index is 0.329. The number of amides is 1. The molecule has 0 rings (SSSR count). The normalized spacial score (nSPS) is 10.3. The van der Waals surface area contributed by atoms with Gasteiger partial charge in [0, 0.05) is 0 Å². The van der Waals surface area contributed by atoms with Crippen LogP contribution >= 0.6 is 0 Å². The van der Waals surface area contributed by atoms with Crippen molar-refractivity contribution >= 4 is 12.1 Å². The van der Waals surface area contributed by atoms with Crippen molar-refractivity contribution in [3.63, 3.8) is 0 Å². The minimum atomic E-state index is -0.588. The molecule has 0 atom stereocenters. The van der Waals surface area contributed by atoms with Crippen LogP contribution in [0, 0.1) is 0 Å². The van der Waals surface area contributed by atoms with Crippen molar-refractivity contribution < 1.29 is 19.3 Å². The number of carbonyl (C=O) groups excluding carboxylic acids is 1. The van der Waals surface area contributed by atoms with E-state index in [1.165, 1.54) is 14.2 Å². The largest absolute Gasteiger partial charge is 0.465 e. The van der Waals surface area contributed by atoms with Gasteiger partial charge in [0.25, 0.3) is 0 Å². The summed E-state index contributed by atoms with van der Waals surface area (Å²) in [5, 5.41) is 0. The van der Waals surface area contributed by atoms with E-state index in [-0.39, 0.29) is 0 Å². The van der Waals surface area contributed by atoms with Crippen LogP contribution < -0.4 is 15.8 Å². The number of hydrogen-bond donors (Lipinski definition) is 3. The molecule has 0 spiro atoms. The summed E-state index contributed by atoms with van der Waals surface area (Å²) in [4.78, 5) is 13.1. The third-order valence-corrected chi connectivity index (χ3v) is 0.895. The molecule has 0 aromatic carbocycles. The summed E-state index contributed by atoms with van der Waals surface area (Å²) in [5.41, 5.74) is 4.63. The van der Waals surface area contributed by atoms with Crippen LogP contribution in [0.1, 0.15) is 0 Å². The number of methoxy groups -OCH3 is 2. The second kappa shape index (κ2) is 5.33. The van der Waals surface area contributed by atoms with Crippen molar-refractivity contribution in [1.29, 1.82) is 0 Å². The lowest BCUT2D eigenvalue weighted by atomic mass is 11.0. The standard InChI is InChI=1S/C5H11N3O3/c1-6-4(10-2)7-8-5(9)11-3/h1-3H3,(H,6,7)(H,8,9)/p+1. The highest BCUT2D eigenvalue weighted by molar-refractivity contribution is 5.73. The van der Waals surface area contributed by atoms with Crippen molar-refractivity contribution in [3.05, 3.63) is 0 Å². The molecule has 6 heteroatoms. The summed E-state index contributed by atoms with van der Waals surface area (Å²) < 4.78 is 9.00. The molecule has 0 bridgehead atoms. The van der Waals surface area contributed by atoms with Crippen LogP contribution in [-0.4, -0.2) is 33.4 Å². The summed E-state index contributed by atoms with van der Waals surface area (Å²) >= 11 is 0. The van der Waals surface area contributed by atoms with Crippen LogP contribution in [0.5, 0.6) is 0 Å². The lowest BCUT2D eigenvalue weighted by Gasteiger charge is -1.99. The maximum Gasteiger partial charge on any atom is 0.465 e. The van der Waals surface area contributed by atoms with Crippen LogP contribution in [-0.2, 0) is 9.47 Å². The fourth-order valence-electron chi connectivity index (χ4n) is 0.374. The second-order valence-electron chi connectivity index (χ2n) is 1.52. The molecular formula is C5H12N3O3+. The Bertz CT molecular complexity index is 157. The third kappa shape index (κ3) is 4.01. The predicted molar refractivity (Wildman–Crippen MR) is 37.6 cm³/mol. The van der Waals surface area contributed by atoms with Crippen LogP contribution in [0.3, 0.4) is 0 Å². The number of amidine groups is 1. The summed E-state index contributed by atoms with van der Waals surface area (Å²) in [6, 6.07) is 0.329. The van der Waals surface area contributed by atoms with Crippen molar-refractivity contribution in [2.45, 2.75) is 0 Å². The molecule has 0 aromatic rings. The van der Waals surface area contributed by atoms with Crippen LogP contribution in [0.2, 0.25) is 0 Å². The Morgan fingerprint density at radius 1 is 1.27 bits per heavy atom. The smallest absolute Gasteiger partial charge is 0.451 e. The molecule has 0 saturated heterocycles. The quantitative estimate of drug-likeness (QED) is 0.210. The number of ether oxygens (including phenoxy) is 2. The zero-order chi connectivity index (χ0) is 8.69. The number of rotatable bonds is 0. The summed E-state index contributed by atoms with van der Waals surface area (Å²) in [6.07, 6.45) is -0.588. The Balaban J connectivity index is 3.60. The lowest BCUT2D eigenvalue weighted by Crippen LogP contribution is -2.74. The van der Waals surface area contributed by atoms with Gasteiger partial charge in [-0.2, -0.15) is 5.43 Å². The first-order valence-electron chi connectivity index (χ1n) is 2.93. The molecule has 6 nitrogen and oxygen atoms in total. The molecule has 0 aliphatic carbocycles. The fourth-order valence-corrected chi connectivity index (χ4v) is 0.374. The Kier molecular flexibility index (Phi) is 4.63. The van der Waals surface area contributed by atoms with E-state index in [1.54, 1.807) is 7.05 Å². The summed E-state index contributed by atoms with van der Waals surface area (Å²) in [6.45, 7) is 0. The van der Waals surface area contributed by atoms with Crippen LogP contribution in [0.15, 0.2) is 0 Å². The molecule has 0 heterocycles. The van der Waals surface area contributed by atoms with Crippen molar-refractivity contribution in [2.75, 3.05) is 21.3 Å². The minimum Gasteiger partial charge on any atom is -0.451 e. The van der Waals surface area contributed by atoms with E-state index in [9.17, 15) is 4.79 Å². The van der Waals surface area contributed by atoms with Gasteiger partial charge in [0.15, 0.2) is 0 Å². The predicted octanol–water partition coefficient (Wildman–Crippen LogP) is -2.44. The Labute approximate surface area is 64.6 Å². The van der Waals surface area contributed by atoms with E-state index in [1.807, 2.05) is 0 Å². The average molecular weight is 162 g/mol. The maximum absolute atomic E-state index is 10.5. The van der Waals surface area contributed by atoms with Crippen molar-refractivity contribution in [1.82, 2.24) is 10.9 Å². The van der Waals surface area contributed by atoms with Gasteiger partial charge in [0.1, 0.15) is 0 Å². The van der Waals surface area contributed by atoms with Crippen LogP contribution in [0.4, 0.5) is 4.79 Å². The highest BCUT2D eigenvalue weighted by Crippen LogP contribution is 1.65. The van der Waals surface area contributed by atoms with Gasteiger partial charge in [-0.05, 0) is 0 Å². The van der Waals surface area contributed by atoms with Gasteiger partial charge < -0.3 is 9.47 Å². The van der Waals surface area contributed by atoms with E-state index in [0.29, 0.717) is 6.02 Å².